The fourth-order valence-electron chi connectivity index (χ4n) is 4.62. The van der Waals surface area contributed by atoms with Gasteiger partial charge in [-0.3, -0.25) is 4.90 Å². The van der Waals surface area contributed by atoms with E-state index < -0.39 is 9.84 Å². The van der Waals surface area contributed by atoms with Crippen LogP contribution in [0.4, 0.5) is 28.7 Å². The second kappa shape index (κ2) is 18.1. The van der Waals surface area contributed by atoms with Gasteiger partial charge in [-0.25, -0.2) is 13.4 Å². The van der Waals surface area contributed by atoms with Crippen molar-refractivity contribution in [3.05, 3.63) is 53.6 Å². The first-order valence-electron chi connectivity index (χ1n) is 15.0. The van der Waals surface area contributed by atoms with Gasteiger partial charge in [0.15, 0.2) is 15.7 Å². The summed E-state index contributed by atoms with van der Waals surface area (Å²) in [5, 5.41) is 43.6. The van der Waals surface area contributed by atoms with Crippen LogP contribution in [0.3, 0.4) is 0 Å². The Morgan fingerprint density at radius 3 is 2.34 bits per heavy atom. The Morgan fingerprint density at radius 1 is 1.00 bits per heavy atom. The molecule has 0 aliphatic heterocycles. The first-order chi connectivity index (χ1) is 22.6. The van der Waals surface area contributed by atoms with Gasteiger partial charge in [-0.05, 0) is 32.9 Å². The molecule has 0 aliphatic rings. The monoisotopic (exact) mass is 669 g/mol. The molecule has 47 heavy (non-hydrogen) atoms. The number of ether oxygens (including phenoxy) is 3. The van der Waals surface area contributed by atoms with Crippen molar-refractivity contribution >= 4 is 38.5 Å². The highest BCUT2D eigenvalue weighted by molar-refractivity contribution is 7.91. The number of rotatable bonds is 19. The topological polar surface area (TPSA) is 191 Å². The average Bonchev–Trinajstić information content (AvgIpc) is 3.06. The van der Waals surface area contributed by atoms with Crippen molar-refractivity contribution in [3.8, 4) is 17.6 Å². The number of para-hydroxylation sites is 1. The van der Waals surface area contributed by atoms with Crippen LogP contribution in [0, 0.1) is 18.3 Å². The molecule has 0 radical (unpaired) electrons. The predicted octanol–water partition coefficient (Wildman–Crippen LogP) is 4.34. The maximum atomic E-state index is 13.4. The highest BCUT2D eigenvalue weighted by Gasteiger charge is 2.25. The van der Waals surface area contributed by atoms with Gasteiger partial charge in [0.2, 0.25) is 0 Å². The van der Waals surface area contributed by atoms with Gasteiger partial charge in [0, 0.05) is 49.1 Å². The number of anilines is 3. The smallest absolute Gasteiger partial charge is 0.183 e. The number of sulfone groups is 1. The minimum Gasteiger partial charge on any atom is -0.495 e. The zero-order chi connectivity index (χ0) is 34.4. The molecule has 0 saturated heterocycles. The highest BCUT2D eigenvalue weighted by Crippen LogP contribution is 2.41. The number of azo groups is 1. The molecule has 0 aliphatic carbocycles. The zero-order valence-electron chi connectivity index (χ0n) is 27.4. The molecule has 15 heteroatoms. The number of aromatic nitrogens is 1. The van der Waals surface area contributed by atoms with E-state index in [1.165, 1.54) is 26.4 Å². The van der Waals surface area contributed by atoms with Gasteiger partial charge in [0.1, 0.15) is 39.7 Å². The molecule has 1 heterocycles. The molecular weight excluding hydrogens is 626 g/mol. The number of hydrogen-bond acceptors (Lipinski definition) is 14. The summed E-state index contributed by atoms with van der Waals surface area (Å²) in [5.41, 5.74) is 1.94. The van der Waals surface area contributed by atoms with Gasteiger partial charge in [-0.2, -0.15) is 5.26 Å². The van der Waals surface area contributed by atoms with Crippen molar-refractivity contribution in [2.24, 2.45) is 10.2 Å². The average molecular weight is 670 g/mol. The fourth-order valence-corrected chi connectivity index (χ4v) is 6.05. The SMILES string of the molecule is COc1cc(S(=O)(=O)CCN(CCO)C(C)C)c(OC)cc1N=Nc1c(Nc2ccccc2)nc(NCCOCCO)c(C#N)c1C. The molecule has 0 spiro atoms. The lowest BCUT2D eigenvalue weighted by Crippen LogP contribution is -2.37. The Morgan fingerprint density at radius 2 is 1.72 bits per heavy atom. The van der Waals surface area contributed by atoms with Gasteiger partial charge in [-0.1, -0.05) is 18.2 Å². The molecule has 2 aromatic carbocycles. The van der Waals surface area contributed by atoms with Crippen LogP contribution in [0.5, 0.6) is 11.5 Å². The summed E-state index contributed by atoms with van der Waals surface area (Å²) in [6, 6.07) is 14.3. The number of nitriles is 1. The summed E-state index contributed by atoms with van der Waals surface area (Å²) < 4.78 is 43.2. The Kier molecular flexibility index (Phi) is 14.3. The molecule has 0 bridgehead atoms. The van der Waals surface area contributed by atoms with Crippen molar-refractivity contribution in [2.75, 3.05) is 76.7 Å². The van der Waals surface area contributed by atoms with E-state index >= 15 is 0 Å². The molecule has 0 atom stereocenters. The number of aliphatic hydroxyl groups is 2. The Labute approximate surface area is 275 Å². The van der Waals surface area contributed by atoms with Crippen molar-refractivity contribution < 1.29 is 32.8 Å². The second-order valence-electron chi connectivity index (χ2n) is 10.6. The lowest BCUT2D eigenvalue weighted by molar-refractivity contribution is 0.0992. The summed E-state index contributed by atoms with van der Waals surface area (Å²) >= 11 is 0. The third-order valence-electron chi connectivity index (χ3n) is 7.16. The van der Waals surface area contributed by atoms with E-state index in [2.05, 4.69) is 31.9 Å². The Hall–Kier alpha value is -4.33. The van der Waals surface area contributed by atoms with Crippen LogP contribution in [0.1, 0.15) is 25.0 Å². The quantitative estimate of drug-likeness (QED) is 0.105. The molecule has 0 saturated carbocycles. The number of pyridine rings is 1. The second-order valence-corrected chi connectivity index (χ2v) is 12.6. The molecule has 1 aromatic heterocycles. The number of nitrogens with one attached hydrogen (secondary N) is 2. The van der Waals surface area contributed by atoms with Crippen LogP contribution in [-0.4, -0.2) is 101 Å². The van der Waals surface area contributed by atoms with Gasteiger partial charge in [0.25, 0.3) is 0 Å². The van der Waals surface area contributed by atoms with E-state index in [1.54, 1.807) is 6.92 Å². The van der Waals surface area contributed by atoms with Gasteiger partial charge in [-0.15, -0.1) is 10.2 Å². The fraction of sp³-hybridized carbons (Fsp3) is 0.438. The maximum absolute atomic E-state index is 13.4. The summed E-state index contributed by atoms with van der Waals surface area (Å²) in [6.45, 7) is 6.82. The van der Waals surface area contributed by atoms with E-state index in [0.717, 1.165) is 5.69 Å². The first-order valence-corrected chi connectivity index (χ1v) is 16.7. The number of nitrogens with zero attached hydrogens (tertiary/aromatic N) is 5. The molecule has 3 rings (SSSR count). The molecule has 0 fully saturated rings. The molecule has 4 N–H and O–H groups in total. The third kappa shape index (κ3) is 10.1. The summed E-state index contributed by atoms with van der Waals surface area (Å²) in [4.78, 5) is 6.47. The van der Waals surface area contributed by atoms with Crippen LogP contribution in [-0.2, 0) is 14.6 Å². The standard InChI is InChI=1S/C32H43N7O7S/c1-22(2)39(12-14-40)13-18-47(42,43)29-20-27(44-4)26(19-28(29)45-5)37-38-30-23(3)25(21-33)31(34-11-16-46-17-15-41)36-32(30)35-24-9-7-6-8-10-24/h6-10,19-20,22,40-41H,11-18H2,1-5H3,(H2,34,35,36). The lowest BCUT2D eigenvalue weighted by atomic mass is 10.1. The molecule has 3 aromatic rings. The van der Waals surface area contributed by atoms with E-state index in [4.69, 9.17) is 19.3 Å². The van der Waals surface area contributed by atoms with Crippen LogP contribution in [0.15, 0.2) is 57.6 Å². The predicted molar refractivity (Wildman–Crippen MR) is 179 cm³/mol. The van der Waals surface area contributed by atoms with Gasteiger partial charge in [0.05, 0.1) is 52.0 Å². The summed E-state index contributed by atoms with van der Waals surface area (Å²) in [5.74, 6) is 0.650. The van der Waals surface area contributed by atoms with Crippen molar-refractivity contribution in [1.29, 1.82) is 5.26 Å². The Bertz CT molecular complexity index is 1650. The minimum absolute atomic E-state index is 0.0491. The maximum Gasteiger partial charge on any atom is 0.183 e. The van der Waals surface area contributed by atoms with Crippen LogP contribution < -0.4 is 20.1 Å². The van der Waals surface area contributed by atoms with Crippen molar-refractivity contribution in [1.82, 2.24) is 9.88 Å². The van der Waals surface area contributed by atoms with Crippen LogP contribution >= 0.6 is 0 Å². The lowest BCUT2D eigenvalue weighted by Gasteiger charge is -2.25. The minimum atomic E-state index is -3.83. The zero-order valence-corrected chi connectivity index (χ0v) is 28.2. The highest BCUT2D eigenvalue weighted by atomic mass is 32.2. The van der Waals surface area contributed by atoms with E-state index in [0.29, 0.717) is 36.9 Å². The largest absolute Gasteiger partial charge is 0.495 e. The molecule has 0 amide bonds. The van der Waals surface area contributed by atoms with Crippen molar-refractivity contribution in [3.63, 3.8) is 0 Å². The third-order valence-corrected chi connectivity index (χ3v) is 8.87. The van der Waals surface area contributed by atoms with Crippen molar-refractivity contribution in [2.45, 2.75) is 31.7 Å². The molecule has 254 valence electrons. The molecular formula is C32H43N7O7S. The number of hydrogen-bond donors (Lipinski definition) is 4. The summed E-state index contributed by atoms with van der Waals surface area (Å²) in [6.07, 6.45) is 0. The van der Waals surface area contributed by atoms with Gasteiger partial charge < -0.3 is 35.1 Å². The van der Waals surface area contributed by atoms with Crippen LogP contribution in [0.2, 0.25) is 0 Å². The summed E-state index contributed by atoms with van der Waals surface area (Å²) in [7, 11) is -1.07. The Balaban J connectivity index is 2.04. The molecule has 0 unspecified atom stereocenters. The number of aliphatic hydroxyl groups excluding tert-OH is 2. The first kappa shape index (κ1) is 37.1. The normalized spacial score (nSPS) is 11.7. The van der Waals surface area contributed by atoms with E-state index in [-0.39, 0.29) is 71.5 Å². The molecule has 14 nitrogen and oxygen atoms in total. The van der Waals surface area contributed by atoms with Gasteiger partial charge >= 0.3 is 0 Å². The number of methoxy groups -OCH3 is 2. The van der Waals surface area contributed by atoms with E-state index in [1.807, 2.05) is 49.1 Å². The number of benzene rings is 2. The van der Waals surface area contributed by atoms with Crippen LogP contribution in [0.25, 0.3) is 0 Å². The van der Waals surface area contributed by atoms with E-state index in [9.17, 15) is 18.8 Å².